The number of carbonyl (C=O) groups excluding carboxylic acids is 2. The quantitative estimate of drug-likeness (QED) is 0.265. The number of ether oxygens (including phenoxy) is 3. The fourth-order valence-electron chi connectivity index (χ4n) is 4.47. The lowest BCUT2D eigenvalue weighted by atomic mass is 9.94. The lowest BCUT2D eigenvalue weighted by Crippen LogP contribution is -2.30. The molecule has 3 aromatic rings. The maximum atomic E-state index is 13.5. The topological polar surface area (TPSA) is 85.3 Å². The number of aliphatic hydroxyl groups excluding tert-OH is 1. The Labute approximate surface area is 214 Å². The van der Waals surface area contributed by atoms with Gasteiger partial charge in [-0.25, -0.2) is 0 Å². The number of hydrogen-bond donors (Lipinski definition) is 1. The summed E-state index contributed by atoms with van der Waals surface area (Å²) in [6.45, 7) is 3.82. The van der Waals surface area contributed by atoms with Crippen molar-refractivity contribution >= 4 is 34.7 Å². The predicted octanol–water partition coefficient (Wildman–Crippen LogP) is 5.61. The third-order valence-corrected chi connectivity index (χ3v) is 6.49. The van der Waals surface area contributed by atoms with Crippen molar-refractivity contribution in [3.05, 3.63) is 87.4 Å². The molecule has 36 heavy (non-hydrogen) atoms. The molecule has 1 saturated heterocycles. The van der Waals surface area contributed by atoms with Crippen molar-refractivity contribution < 1.29 is 28.9 Å². The molecular formula is C28H26ClNO6. The van der Waals surface area contributed by atoms with Crippen LogP contribution >= 0.6 is 11.6 Å². The highest BCUT2D eigenvalue weighted by atomic mass is 35.5. The molecule has 0 spiro atoms. The van der Waals surface area contributed by atoms with Crippen molar-refractivity contribution in [2.45, 2.75) is 19.9 Å². The van der Waals surface area contributed by atoms with E-state index in [1.807, 2.05) is 26.0 Å². The van der Waals surface area contributed by atoms with Crippen molar-refractivity contribution in [2.75, 3.05) is 26.2 Å². The molecule has 186 valence electrons. The van der Waals surface area contributed by atoms with Gasteiger partial charge in [0.1, 0.15) is 23.0 Å². The van der Waals surface area contributed by atoms with Crippen molar-refractivity contribution in [2.24, 2.45) is 0 Å². The van der Waals surface area contributed by atoms with E-state index in [0.29, 0.717) is 17.0 Å². The van der Waals surface area contributed by atoms with E-state index in [0.717, 1.165) is 11.1 Å². The summed E-state index contributed by atoms with van der Waals surface area (Å²) in [5.74, 6) is -0.932. The second-order valence-corrected chi connectivity index (χ2v) is 8.83. The number of benzene rings is 3. The van der Waals surface area contributed by atoms with E-state index in [-0.39, 0.29) is 27.7 Å². The Bertz CT molecular complexity index is 1400. The molecule has 0 bridgehead atoms. The Morgan fingerprint density at radius 1 is 0.917 bits per heavy atom. The molecule has 1 atom stereocenters. The van der Waals surface area contributed by atoms with Gasteiger partial charge in [0.05, 0.1) is 43.5 Å². The van der Waals surface area contributed by atoms with Crippen LogP contribution < -0.4 is 19.1 Å². The average molecular weight is 508 g/mol. The first-order valence-electron chi connectivity index (χ1n) is 11.2. The van der Waals surface area contributed by atoms with Crippen molar-refractivity contribution in [3.8, 4) is 17.2 Å². The summed E-state index contributed by atoms with van der Waals surface area (Å²) in [6, 6.07) is 14.7. The lowest BCUT2D eigenvalue weighted by Gasteiger charge is -2.27. The standard InChI is InChI=1S/C28H26ClNO6/c1-15-9-10-21(16(2)11-15)30-25(17-7-6-8-18(12-17)34-3)24(27(32)28(30)33)26(31)19-13-23(36-5)20(29)14-22(19)35-4/h6-14,25,31H,1-5H3/b26-24+. The third kappa shape index (κ3) is 4.27. The van der Waals surface area contributed by atoms with E-state index in [1.54, 1.807) is 30.3 Å². The average Bonchev–Trinajstić information content (AvgIpc) is 3.13. The van der Waals surface area contributed by atoms with Gasteiger partial charge in [-0.05, 0) is 49.2 Å². The number of aryl methyl sites for hydroxylation is 2. The van der Waals surface area contributed by atoms with Gasteiger partial charge >= 0.3 is 0 Å². The fraction of sp³-hybridized carbons (Fsp3) is 0.214. The summed E-state index contributed by atoms with van der Waals surface area (Å²) in [5.41, 5.74) is 3.07. The predicted molar refractivity (Wildman–Crippen MR) is 138 cm³/mol. The summed E-state index contributed by atoms with van der Waals surface area (Å²) in [7, 11) is 4.39. The van der Waals surface area contributed by atoms with Crippen LogP contribution in [0.4, 0.5) is 5.69 Å². The largest absolute Gasteiger partial charge is 0.507 e. The number of aliphatic hydroxyl groups is 1. The van der Waals surface area contributed by atoms with Crippen LogP contribution in [0.15, 0.2) is 60.2 Å². The van der Waals surface area contributed by atoms with E-state index in [4.69, 9.17) is 25.8 Å². The van der Waals surface area contributed by atoms with Gasteiger partial charge in [0.15, 0.2) is 0 Å². The summed E-state index contributed by atoms with van der Waals surface area (Å²) in [5, 5.41) is 11.8. The van der Waals surface area contributed by atoms with Crippen LogP contribution in [0.5, 0.6) is 17.2 Å². The number of ketones is 1. The number of rotatable bonds is 6. The summed E-state index contributed by atoms with van der Waals surface area (Å²) in [6.07, 6.45) is 0. The van der Waals surface area contributed by atoms with Gasteiger partial charge in [-0.15, -0.1) is 0 Å². The highest BCUT2D eigenvalue weighted by Gasteiger charge is 2.47. The van der Waals surface area contributed by atoms with E-state index in [9.17, 15) is 14.7 Å². The van der Waals surface area contributed by atoms with Crippen LogP contribution in [0.1, 0.15) is 28.3 Å². The van der Waals surface area contributed by atoms with Gasteiger partial charge in [0, 0.05) is 11.8 Å². The smallest absolute Gasteiger partial charge is 0.300 e. The molecule has 1 unspecified atom stereocenters. The molecule has 0 saturated carbocycles. The highest BCUT2D eigenvalue weighted by molar-refractivity contribution is 6.51. The number of Topliss-reactive ketones (excluding diaryl/α,β-unsaturated/α-hetero) is 1. The fourth-order valence-corrected chi connectivity index (χ4v) is 4.71. The molecule has 1 heterocycles. The number of methoxy groups -OCH3 is 3. The highest BCUT2D eigenvalue weighted by Crippen LogP contribution is 2.45. The Hall–Kier alpha value is -3.97. The van der Waals surface area contributed by atoms with Gasteiger partial charge in [-0.2, -0.15) is 0 Å². The molecule has 1 fully saturated rings. The number of anilines is 1. The lowest BCUT2D eigenvalue weighted by molar-refractivity contribution is -0.132. The molecular weight excluding hydrogens is 482 g/mol. The monoisotopic (exact) mass is 507 g/mol. The SMILES string of the molecule is COc1cccc(C2/C(=C(\O)c3cc(OC)c(Cl)cc3OC)C(=O)C(=O)N2c2ccc(C)cc2C)c1. The molecule has 1 N–H and O–H groups in total. The summed E-state index contributed by atoms with van der Waals surface area (Å²) >= 11 is 6.24. The Morgan fingerprint density at radius 3 is 2.28 bits per heavy atom. The molecule has 0 radical (unpaired) electrons. The van der Waals surface area contributed by atoms with E-state index < -0.39 is 23.5 Å². The van der Waals surface area contributed by atoms with Crippen LogP contribution in [-0.2, 0) is 9.59 Å². The summed E-state index contributed by atoms with van der Waals surface area (Å²) in [4.78, 5) is 28.4. The second-order valence-electron chi connectivity index (χ2n) is 8.42. The van der Waals surface area contributed by atoms with Crippen molar-refractivity contribution in [3.63, 3.8) is 0 Å². The Kier molecular flexibility index (Phi) is 6.95. The van der Waals surface area contributed by atoms with Gasteiger partial charge in [-0.3, -0.25) is 14.5 Å². The van der Waals surface area contributed by atoms with Crippen LogP contribution in [-0.4, -0.2) is 38.1 Å². The van der Waals surface area contributed by atoms with Crippen LogP contribution in [0.2, 0.25) is 5.02 Å². The molecule has 3 aromatic carbocycles. The first-order chi connectivity index (χ1) is 17.2. The zero-order chi connectivity index (χ0) is 26.1. The van der Waals surface area contributed by atoms with Gasteiger partial charge in [-0.1, -0.05) is 41.4 Å². The third-order valence-electron chi connectivity index (χ3n) is 6.19. The van der Waals surface area contributed by atoms with Crippen LogP contribution in [0, 0.1) is 13.8 Å². The minimum Gasteiger partial charge on any atom is -0.507 e. The number of nitrogens with zero attached hydrogens (tertiary/aromatic N) is 1. The second kappa shape index (κ2) is 9.95. The molecule has 0 aromatic heterocycles. The zero-order valence-corrected chi connectivity index (χ0v) is 21.3. The van der Waals surface area contributed by atoms with Crippen molar-refractivity contribution in [1.82, 2.24) is 0 Å². The number of amides is 1. The molecule has 7 nitrogen and oxygen atoms in total. The summed E-state index contributed by atoms with van der Waals surface area (Å²) < 4.78 is 16.1. The zero-order valence-electron chi connectivity index (χ0n) is 20.6. The van der Waals surface area contributed by atoms with Gasteiger partial charge < -0.3 is 19.3 Å². The molecule has 1 aliphatic heterocycles. The minimum atomic E-state index is -0.923. The van der Waals surface area contributed by atoms with Crippen LogP contribution in [0.3, 0.4) is 0 Å². The Morgan fingerprint density at radius 2 is 1.64 bits per heavy atom. The van der Waals surface area contributed by atoms with Crippen molar-refractivity contribution in [1.29, 1.82) is 0 Å². The molecule has 1 aliphatic rings. The normalized spacial score (nSPS) is 16.8. The molecule has 8 heteroatoms. The van der Waals surface area contributed by atoms with Crippen LogP contribution in [0.25, 0.3) is 5.76 Å². The first kappa shape index (κ1) is 25.1. The van der Waals surface area contributed by atoms with Gasteiger partial charge in [0.2, 0.25) is 0 Å². The van der Waals surface area contributed by atoms with E-state index >= 15 is 0 Å². The number of hydrogen-bond acceptors (Lipinski definition) is 6. The first-order valence-corrected chi connectivity index (χ1v) is 11.5. The maximum absolute atomic E-state index is 13.5. The maximum Gasteiger partial charge on any atom is 0.300 e. The minimum absolute atomic E-state index is 0.0871. The van der Waals surface area contributed by atoms with Gasteiger partial charge in [0.25, 0.3) is 11.7 Å². The molecule has 0 aliphatic carbocycles. The molecule has 4 rings (SSSR count). The number of halogens is 1. The van der Waals surface area contributed by atoms with E-state index in [2.05, 4.69) is 0 Å². The number of carbonyl (C=O) groups is 2. The van der Waals surface area contributed by atoms with E-state index in [1.165, 1.54) is 38.4 Å². The molecule has 1 amide bonds. The Balaban J connectivity index is 2.03.